The molecule has 0 amide bonds. The average molecular weight is 308 g/mol. The van der Waals surface area contributed by atoms with E-state index >= 15 is 0 Å². The first-order valence-corrected chi connectivity index (χ1v) is 7.92. The van der Waals surface area contributed by atoms with Gasteiger partial charge in [0.05, 0.1) is 11.3 Å². The zero-order chi connectivity index (χ0) is 16.1. The smallest absolute Gasteiger partial charge is 0.335 e. The highest BCUT2D eigenvalue weighted by molar-refractivity contribution is 5.88. The van der Waals surface area contributed by atoms with Crippen LogP contribution in [-0.4, -0.2) is 40.6 Å². The molecule has 1 fully saturated rings. The summed E-state index contributed by atoms with van der Waals surface area (Å²) in [7, 11) is 0. The molecule has 1 saturated heterocycles. The third-order valence-corrected chi connectivity index (χ3v) is 4.14. The monoisotopic (exact) mass is 308 g/mol. The zero-order valence-corrected chi connectivity index (χ0v) is 13.0. The van der Waals surface area contributed by atoms with Crippen LogP contribution in [0.4, 0.5) is 0 Å². The fraction of sp³-hybridized carbons (Fsp3) is 0.263. The molecule has 0 spiro atoms. The van der Waals surface area contributed by atoms with E-state index in [-0.39, 0.29) is 0 Å². The van der Waals surface area contributed by atoms with Gasteiger partial charge in [0.2, 0.25) is 0 Å². The van der Waals surface area contributed by atoms with Gasteiger partial charge in [-0.05, 0) is 55.8 Å². The van der Waals surface area contributed by atoms with Gasteiger partial charge in [0, 0.05) is 18.3 Å². The van der Waals surface area contributed by atoms with E-state index in [1.165, 1.54) is 12.8 Å². The lowest BCUT2D eigenvalue weighted by molar-refractivity contribution is 0.0697. The summed E-state index contributed by atoms with van der Waals surface area (Å²) in [6, 6.07) is 12.9. The first-order valence-electron chi connectivity index (χ1n) is 7.92. The van der Waals surface area contributed by atoms with Gasteiger partial charge in [-0.3, -0.25) is 9.88 Å². The van der Waals surface area contributed by atoms with Gasteiger partial charge in [-0.15, -0.1) is 0 Å². The highest BCUT2D eigenvalue weighted by atomic mass is 16.4. The van der Waals surface area contributed by atoms with Crippen molar-refractivity contribution >= 4 is 11.5 Å². The molecule has 0 radical (unpaired) electrons. The van der Waals surface area contributed by atoms with Crippen LogP contribution in [0.1, 0.15) is 34.5 Å². The maximum atomic E-state index is 11.0. The topological polar surface area (TPSA) is 53.4 Å². The number of carbonyl (C=O) groups is 1. The average Bonchev–Trinajstić information content (AvgIpc) is 3.10. The van der Waals surface area contributed by atoms with E-state index in [1.807, 2.05) is 30.3 Å². The molecule has 1 N–H and O–H groups in total. The number of likely N-dealkylation sites (tertiary alicyclic amines) is 1. The number of aromatic nitrogens is 1. The van der Waals surface area contributed by atoms with Crippen molar-refractivity contribution in [1.29, 1.82) is 0 Å². The van der Waals surface area contributed by atoms with E-state index < -0.39 is 5.97 Å². The van der Waals surface area contributed by atoms with Crippen molar-refractivity contribution in [3.05, 3.63) is 71.6 Å². The van der Waals surface area contributed by atoms with Gasteiger partial charge in [-0.25, -0.2) is 4.79 Å². The number of benzene rings is 1. The molecule has 1 aromatic heterocycles. The van der Waals surface area contributed by atoms with Crippen molar-refractivity contribution in [3.63, 3.8) is 0 Å². The molecular weight excluding hydrogens is 288 g/mol. The van der Waals surface area contributed by atoms with E-state index in [2.05, 4.69) is 16.0 Å². The van der Waals surface area contributed by atoms with Crippen molar-refractivity contribution in [2.24, 2.45) is 0 Å². The van der Waals surface area contributed by atoms with Gasteiger partial charge in [0.25, 0.3) is 0 Å². The molecular formula is C19H20N2O2. The van der Waals surface area contributed by atoms with Gasteiger partial charge in [0.15, 0.2) is 0 Å². The molecule has 3 rings (SSSR count). The summed E-state index contributed by atoms with van der Waals surface area (Å²) in [6.45, 7) is 3.18. The molecule has 2 aromatic rings. The summed E-state index contributed by atoms with van der Waals surface area (Å²) in [4.78, 5) is 17.9. The first kappa shape index (κ1) is 15.4. The van der Waals surface area contributed by atoms with Crippen LogP contribution < -0.4 is 0 Å². The van der Waals surface area contributed by atoms with Gasteiger partial charge in [-0.1, -0.05) is 24.3 Å². The second-order valence-electron chi connectivity index (χ2n) is 5.72. The van der Waals surface area contributed by atoms with Gasteiger partial charge < -0.3 is 5.11 Å². The Bertz CT molecular complexity index is 687. The maximum Gasteiger partial charge on any atom is 0.335 e. The van der Waals surface area contributed by atoms with Gasteiger partial charge in [-0.2, -0.15) is 0 Å². The second-order valence-corrected chi connectivity index (χ2v) is 5.72. The van der Waals surface area contributed by atoms with Crippen LogP contribution >= 0.6 is 0 Å². The lowest BCUT2D eigenvalue weighted by Gasteiger charge is -2.14. The third-order valence-electron chi connectivity index (χ3n) is 4.14. The molecule has 0 bridgehead atoms. The fourth-order valence-electron chi connectivity index (χ4n) is 2.87. The second kappa shape index (κ2) is 7.20. The first-order chi connectivity index (χ1) is 11.2. The molecule has 118 valence electrons. The van der Waals surface area contributed by atoms with Crippen LogP contribution in [0.5, 0.6) is 0 Å². The third kappa shape index (κ3) is 3.85. The van der Waals surface area contributed by atoms with E-state index in [0.29, 0.717) is 5.56 Å². The molecule has 4 nitrogen and oxygen atoms in total. The normalized spacial score (nSPS) is 15.7. The number of carboxylic acid groups (broad SMARTS) is 1. The predicted molar refractivity (Wildman–Crippen MR) is 90.4 cm³/mol. The molecule has 1 aliphatic heterocycles. The van der Waals surface area contributed by atoms with E-state index in [0.717, 1.165) is 36.5 Å². The Labute approximate surface area is 136 Å². The molecule has 0 saturated carbocycles. The summed E-state index contributed by atoms with van der Waals surface area (Å²) < 4.78 is 0. The summed E-state index contributed by atoms with van der Waals surface area (Å²) in [5.74, 6) is -0.906. The minimum absolute atomic E-state index is 0.300. The number of pyridine rings is 1. The van der Waals surface area contributed by atoms with Crippen molar-refractivity contribution in [1.82, 2.24) is 9.88 Å². The Morgan fingerprint density at radius 3 is 2.39 bits per heavy atom. The SMILES string of the molecule is O=C(O)c1ccc(C(=CCN2CCCC2)c2ccccn2)cc1. The standard InChI is InChI=1S/C19H20N2O2/c22-19(23)16-8-6-15(7-9-16)17(18-5-1-2-11-20-18)10-14-21-12-3-4-13-21/h1-2,5-11H,3-4,12-14H2,(H,22,23). The van der Waals surface area contributed by atoms with Crippen LogP contribution in [0, 0.1) is 0 Å². The van der Waals surface area contributed by atoms with Crippen LogP contribution in [-0.2, 0) is 0 Å². The number of rotatable bonds is 5. The lowest BCUT2D eigenvalue weighted by Crippen LogP contribution is -2.19. The molecule has 4 heteroatoms. The highest BCUT2D eigenvalue weighted by Gasteiger charge is 2.12. The van der Waals surface area contributed by atoms with Crippen molar-refractivity contribution in [2.45, 2.75) is 12.8 Å². The van der Waals surface area contributed by atoms with E-state index in [1.54, 1.807) is 18.3 Å². The largest absolute Gasteiger partial charge is 0.478 e. The maximum absolute atomic E-state index is 11.0. The van der Waals surface area contributed by atoms with E-state index in [4.69, 9.17) is 5.11 Å². The Morgan fingerprint density at radius 1 is 1.09 bits per heavy atom. The molecule has 23 heavy (non-hydrogen) atoms. The zero-order valence-electron chi connectivity index (χ0n) is 13.0. The number of hydrogen-bond acceptors (Lipinski definition) is 3. The van der Waals surface area contributed by atoms with Crippen LogP contribution in [0.25, 0.3) is 5.57 Å². The van der Waals surface area contributed by atoms with Crippen LogP contribution in [0.15, 0.2) is 54.7 Å². The molecule has 0 aliphatic carbocycles. The Hall–Kier alpha value is -2.46. The molecule has 1 aliphatic rings. The molecule has 0 atom stereocenters. The summed E-state index contributed by atoms with van der Waals surface area (Å²) in [5.41, 5.74) is 3.26. The minimum Gasteiger partial charge on any atom is -0.478 e. The number of aromatic carboxylic acids is 1. The molecule has 2 heterocycles. The quantitative estimate of drug-likeness (QED) is 0.920. The fourth-order valence-corrected chi connectivity index (χ4v) is 2.87. The summed E-state index contributed by atoms with van der Waals surface area (Å²) >= 11 is 0. The Morgan fingerprint density at radius 2 is 1.78 bits per heavy atom. The molecule has 1 aromatic carbocycles. The highest BCUT2D eigenvalue weighted by Crippen LogP contribution is 2.22. The number of nitrogens with zero attached hydrogens (tertiary/aromatic N) is 2. The van der Waals surface area contributed by atoms with Crippen LogP contribution in [0.3, 0.4) is 0 Å². The summed E-state index contributed by atoms with van der Waals surface area (Å²) in [6.07, 6.45) is 6.51. The Balaban J connectivity index is 1.90. The predicted octanol–water partition coefficient (Wildman–Crippen LogP) is 3.31. The lowest BCUT2D eigenvalue weighted by atomic mass is 10.00. The molecule has 0 unspecified atom stereocenters. The van der Waals surface area contributed by atoms with Crippen LogP contribution in [0.2, 0.25) is 0 Å². The van der Waals surface area contributed by atoms with Crippen molar-refractivity contribution < 1.29 is 9.90 Å². The van der Waals surface area contributed by atoms with Crippen molar-refractivity contribution in [2.75, 3.05) is 19.6 Å². The van der Waals surface area contributed by atoms with Gasteiger partial charge >= 0.3 is 5.97 Å². The van der Waals surface area contributed by atoms with Gasteiger partial charge in [0.1, 0.15) is 0 Å². The minimum atomic E-state index is -0.906. The van der Waals surface area contributed by atoms with E-state index in [9.17, 15) is 4.79 Å². The summed E-state index contributed by atoms with van der Waals surface area (Å²) in [5, 5.41) is 9.04. The number of carboxylic acids is 1. The Kier molecular flexibility index (Phi) is 4.83. The number of hydrogen-bond donors (Lipinski definition) is 1. The van der Waals surface area contributed by atoms with Crippen molar-refractivity contribution in [3.8, 4) is 0 Å².